The van der Waals surface area contributed by atoms with E-state index in [4.69, 9.17) is 0 Å². The third-order valence-corrected chi connectivity index (χ3v) is 6.35. The second-order valence-electron chi connectivity index (χ2n) is 6.99. The molecule has 2 atom stereocenters. The van der Waals surface area contributed by atoms with Crippen LogP contribution in [0, 0.1) is 11.8 Å². The maximum atomic E-state index is 12.9. The van der Waals surface area contributed by atoms with Crippen molar-refractivity contribution in [2.45, 2.75) is 25.2 Å². The zero-order valence-corrected chi connectivity index (χ0v) is 15.7. The summed E-state index contributed by atoms with van der Waals surface area (Å²) in [6, 6.07) is 9.54. The third kappa shape index (κ3) is 4.11. The maximum absolute atomic E-state index is 12.9. The van der Waals surface area contributed by atoms with E-state index in [-0.39, 0.29) is 10.8 Å². The number of sulfonamides is 1. The molecular weight excluding hydrogens is 350 g/mol. The number of aromatic nitrogens is 1. The summed E-state index contributed by atoms with van der Waals surface area (Å²) in [7, 11) is -3.54. The SMILES string of the molecule is CC1CC(C)CN(S(=O)(=O)c2ccc(C(=O)Nc3cccnc3)cc2)C1. The number of carbonyl (C=O) groups is 1. The Morgan fingerprint density at radius 2 is 1.77 bits per heavy atom. The predicted molar refractivity (Wildman–Crippen MR) is 100 cm³/mol. The predicted octanol–water partition coefficient (Wildman–Crippen LogP) is 3.00. The van der Waals surface area contributed by atoms with Crippen LogP contribution >= 0.6 is 0 Å². The van der Waals surface area contributed by atoms with Gasteiger partial charge >= 0.3 is 0 Å². The summed E-state index contributed by atoms with van der Waals surface area (Å²) in [6.45, 7) is 5.22. The molecule has 1 fully saturated rings. The Morgan fingerprint density at radius 1 is 1.12 bits per heavy atom. The number of amides is 1. The first-order valence-electron chi connectivity index (χ1n) is 8.68. The average molecular weight is 373 g/mol. The molecule has 26 heavy (non-hydrogen) atoms. The van der Waals surface area contributed by atoms with Crippen molar-refractivity contribution in [2.24, 2.45) is 11.8 Å². The molecule has 1 aromatic carbocycles. The number of pyridine rings is 1. The fraction of sp³-hybridized carbons (Fsp3) is 0.368. The maximum Gasteiger partial charge on any atom is 0.255 e. The van der Waals surface area contributed by atoms with Crippen LogP contribution in [0.4, 0.5) is 5.69 Å². The third-order valence-electron chi connectivity index (χ3n) is 4.51. The Bertz CT molecular complexity index is 857. The van der Waals surface area contributed by atoms with Gasteiger partial charge in [0.15, 0.2) is 0 Å². The molecule has 1 saturated heterocycles. The Labute approximate surface area is 154 Å². The minimum absolute atomic E-state index is 0.219. The van der Waals surface area contributed by atoms with E-state index in [0.29, 0.717) is 36.2 Å². The molecule has 138 valence electrons. The summed E-state index contributed by atoms with van der Waals surface area (Å²) >= 11 is 0. The molecule has 0 spiro atoms. The van der Waals surface area contributed by atoms with Crippen LogP contribution in [0.1, 0.15) is 30.6 Å². The molecule has 2 heterocycles. The highest BCUT2D eigenvalue weighted by atomic mass is 32.2. The number of hydrogen-bond donors (Lipinski definition) is 1. The van der Waals surface area contributed by atoms with Gasteiger partial charge in [-0.25, -0.2) is 8.42 Å². The van der Waals surface area contributed by atoms with E-state index < -0.39 is 10.0 Å². The molecule has 0 aliphatic carbocycles. The molecule has 1 aromatic heterocycles. The number of piperidine rings is 1. The molecule has 1 N–H and O–H groups in total. The van der Waals surface area contributed by atoms with E-state index in [1.165, 1.54) is 24.3 Å². The number of nitrogens with one attached hydrogen (secondary N) is 1. The average Bonchev–Trinajstić information content (AvgIpc) is 2.62. The Kier molecular flexibility index (Phi) is 5.38. The first-order chi connectivity index (χ1) is 12.4. The zero-order valence-electron chi connectivity index (χ0n) is 14.9. The van der Waals surface area contributed by atoms with Crippen molar-refractivity contribution in [2.75, 3.05) is 18.4 Å². The second-order valence-corrected chi connectivity index (χ2v) is 8.93. The minimum atomic E-state index is -3.54. The van der Waals surface area contributed by atoms with E-state index in [1.807, 2.05) is 0 Å². The van der Waals surface area contributed by atoms with Crippen molar-refractivity contribution in [3.8, 4) is 0 Å². The monoisotopic (exact) mass is 373 g/mol. The molecule has 3 rings (SSSR count). The number of hydrogen-bond acceptors (Lipinski definition) is 4. The number of rotatable bonds is 4. The van der Waals surface area contributed by atoms with Gasteiger partial charge in [0.25, 0.3) is 5.91 Å². The van der Waals surface area contributed by atoms with Crippen molar-refractivity contribution >= 4 is 21.6 Å². The largest absolute Gasteiger partial charge is 0.321 e. The van der Waals surface area contributed by atoms with Gasteiger partial charge in [-0.15, -0.1) is 0 Å². The molecule has 0 bridgehead atoms. The fourth-order valence-corrected chi connectivity index (χ4v) is 5.05. The summed E-state index contributed by atoms with van der Waals surface area (Å²) in [5.74, 6) is 0.387. The molecule has 1 aliphatic heterocycles. The van der Waals surface area contributed by atoms with E-state index in [1.54, 1.807) is 28.8 Å². The lowest BCUT2D eigenvalue weighted by molar-refractivity contribution is 0.102. The van der Waals surface area contributed by atoms with Crippen LogP contribution in [0.25, 0.3) is 0 Å². The second kappa shape index (κ2) is 7.55. The number of carbonyl (C=O) groups excluding carboxylic acids is 1. The topological polar surface area (TPSA) is 79.4 Å². The van der Waals surface area contributed by atoms with Crippen molar-refractivity contribution < 1.29 is 13.2 Å². The summed E-state index contributed by atoms with van der Waals surface area (Å²) in [6.07, 6.45) is 4.21. The van der Waals surface area contributed by atoms with Crippen LogP contribution in [0.5, 0.6) is 0 Å². The summed E-state index contributed by atoms with van der Waals surface area (Å²) in [4.78, 5) is 16.4. The van der Waals surface area contributed by atoms with Gasteiger partial charge in [-0.3, -0.25) is 9.78 Å². The molecule has 6 nitrogen and oxygen atoms in total. The van der Waals surface area contributed by atoms with Crippen LogP contribution < -0.4 is 5.32 Å². The fourth-order valence-electron chi connectivity index (χ4n) is 3.37. The van der Waals surface area contributed by atoms with Gasteiger partial charge in [-0.2, -0.15) is 4.31 Å². The number of anilines is 1. The van der Waals surface area contributed by atoms with Gasteiger partial charge in [0.05, 0.1) is 16.8 Å². The normalized spacial score (nSPS) is 21.3. The molecule has 1 aliphatic rings. The Hall–Kier alpha value is -2.25. The van der Waals surface area contributed by atoms with E-state index >= 15 is 0 Å². The molecule has 2 unspecified atom stereocenters. The lowest BCUT2D eigenvalue weighted by Crippen LogP contribution is -2.42. The zero-order chi connectivity index (χ0) is 18.7. The number of benzene rings is 1. The molecule has 0 saturated carbocycles. The molecular formula is C19H23N3O3S. The van der Waals surface area contributed by atoms with Crippen LogP contribution in [-0.4, -0.2) is 36.7 Å². The number of nitrogens with zero attached hydrogens (tertiary/aromatic N) is 2. The lowest BCUT2D eigenvalue weighted by Gasteiger charge is -2.34. The highest BCUT2D eigenvalue weighted by Crippen LogP contribution is 2.26. The van der Waals surface area contributed by atoms with Gasteiger partial charge in [0.1, 0.15) is 0 Å². The highest BCUT2D eigenvalue weighted by Gasteiger charge is 2.31. The van der Waals surface area contributed by atoms with Crippen LogP contribution in [-0.2, 0) is 10.0 Å². The van der Waals surface area contributed by atoms with Crippen LogP contribution in [0.2, 0.25) is 0 Å². The molecule has 0 radical (unpaired) electrons. The van der Waals surface area contributed by atoms with E-state index in [0.717, 1.165) is 6.42 Å². The van der Waals surface area contributed by atoms with E-state index in [9.17, 15) is 13.2 Å². The quantitative estimate of drug-likeness (QED) is 0.893. The smallest absolute Gasteiger partial charge is 0.255 e. The van der Waals surface area contributed by atoms with Crippen LogP contribution in [0.3, 0.4) is 0 Å². The van der Waals surface area contributed by atoms with Crippen molar-refractivity contribution in [3.05, 3.63) is 54.4 Å². The highest BCUT2D eigenvalue weighted by molar-refractivity contribution is 7.89. The van der Waals surface area contributed by atoms with Gasteiger partial charge in [-0.1, -0.05) is 13.8 Å². The summed E-state index contributed by atoms with van der Waals surface area (Å²) in [5.41, 5.74) is 0.985. The standard InChI is InChI=1S/C19H23N3O3S/c1-14-10-15(2)13-22(12-14)26(24,25)18-7-5-16(6-8-18)19(23)21-17-4-3-9-20-11-17/h3-9,11,14-15H,10,12-13H2,1-2H3,(H,21,23). The molecule has 7 heteroatoms. The van der Waals surface area contributed by atoms with Gasteiger partial charge in [-0.05, 0) is 54.7 Å². The lowest BCUT2D eigenvalue weighted by atomic mass is 9.94. The van der Waals surface area contributed by atoms with Crippen LogP contribution in [0.15, 0.2) is 53.7 Å². The molecule has 1 amide bonds. The minimum Gasteiger partial charge on any atom is -0.321 e. The Morgan fingerprint density at radius 3 is 2.35 bits per heavy atom. The van der Waals surface area contributed by atoms with E-state index in [2.05, 4.69) is 24.1 Å². The first-order valence-corrected chi connectivity index (χ1v) is 10.1. The van der Waals surface area contributed by atoms with Gasteiger partial charge < -0.3 is 5.32 Å². The van der Waals surface area contributed by atoms with Gasteiger partial charge in [0, 0.05) is 24.8 Å². The van der Waals surface area contributed by atoms with Crippen molar-refractivity contribution in [3.63, 3.8) is 0 Å². The molecule has 2 aromatic rings. The summed E-state index contributed by atoms with van der Waals surface area (Å²) in [5, 5.41) is 2.73. The van der Waals surface area contributed by atoms with Crippen molar-refractivity contribution in [1.29, 1.82) is 0 Å². The summed E-state index contributed by atoms with van der Waals surface area (Å²) < 4.78 is 27.3. The Balaban J connectivity index is 1.75. The van der Waals surface area contributed by atoms with Gasteiger partial charge in [0.2, 0.25) is 10.0 Å². The van der Waals surface area contributed by atoms with Crippen molar-refractivity contribution in [1.82, 2.24) is 9.29 Å². The first kappa shape index (κ1) is 18.5.